The van der Waals surface area contributed by atoms with Gasteiger partial charge in [0.15, 0.2) is 6.29 Å². The molecule has 1 saturated carbocycles. The Kier molecular flexibility index (Phi) is 11.2. The quantitative estimate of drug-likeness (QED) is 0.270. The second-order valence-corrected chi connectivity index (χ2v) is 9.40. The molecule has 2 aromatic rings. The highest BCUT2D eigenvalue weighted by Gasteiger charge is 2.25. The summed E-state index contributed by atoms with van der Waals surface area (Å²) in [5, 5.41) is 15.2. The molecule has 2 fully saturated rings. The van der Waals surface area contributed by atoms with E-state index in [0.29, 0.717) is 11.3 Å². The molecule has 0 bridgehead atoms. The van der Waals surface area contributed by atoms with Gasteiger partial charge in [0.2, 0.25) is 0 Å². The minimum atomic E-state index is -0.296. The first-order chi connectivity index (χ1) is 16.6. The Hall–Kier alpha value is -3.09. The third kappa shape index (κ3) is 6.99. The monoisotopic (exact) mass is 491 g/mol. The maximum absolute atomic E-state index is 11.7. The van der Waals surface area contributed by atoms with E-state index in [9.17, 15) is 14.9 Å². The molecule has 193 valence electrons. The number of piperazine rings is 1. The van der Waals surface area contributed by atoms with Gasteiger partial charge in [-0.2, -0.15) is 0 Å². The second-order valence-electron chi connectivity index (χ2n) is 9.40. The molecule has 1 aliphatic heterocycles. The molecule has 1 unspecified atom stereocenters. The van der Waals surface area contributed by atoms with Gasteiger partial charge in [-0.25, -0.2) is 0 Å². The molecular weight excluding hydrogens is 452 g/mol. The van der Waals surface area contributed by atoms with Crippen LogP contribution in [-0.4, -0.2) is 43.4 Å². The van der Waals surface area contributed by atoms with E-state index in [1.807, 2.05) is 36.4 Å². The molecule has 0 spiro atoms. The zero-order chi connectivity index (χ0) is 23.9. The van der Waals surface area contributed by atoms with Crippen molar-refractivity contribution in [3.63, 3.8) is 0 Å². The first-order valence-electron chi connectivity index (χ1n) is 12.5. The van der Waals surface area contributed by atoms with Gasteiger partial charge in [-0.3, -0.25) is 14.9 Å². The molecular formula is C29H39N4O3. The van der Waals surface area contributed by atoms with E-state index >= 15 is 0 Å². The average molecular weight is 492 g/mol. The third-order valence-corrected chi connectivity index (χ3v) is 7.21. The predicted octanol–water partition coefficient (Wildman–Crippen LogP) is 6.51. The van der Waals surface area contributed by atoms with Crippen molar-refractivity contribution >= 4 is 29.0 Å². The molecule has 1 N–H and O–H groups in total. The number of carbonyl (C=O) groups is 1. The fourth-order valence-corrected chi connectivity index (χ4v) is 5.20. The van der Waals surface area contributed by atoms with Crippen LogP contribution in [0.5, 0.6) is 0 Å². The van der Waals surface area contributed by atoms with Gasteiger partial charge in [-0.05, 0) is 49.9 Å². The zero-order valence-electron chi connectivity index (χ0n) is 21.5. The maximum atomic E-state index is 11.7. The van der Waals surface area contributed by atoms with Crippen molar-refractivity contribution < 1.29 is 9.72 Å². The Balaban J connectivity index is 0.00000228. The number of nitrogens with zero attached hydrogens (tertiary/aromatic N) is 3. The van der Waals surface area contributed by atoms with E-state index in [1.54, 1.807) is 6.07 Å². The number of anilines is 3. The zero-order valence-corrected chi connectivity index (χ0v) is 21.5. The lowest BCUT2D eigenvalue weighted by Crippen LogP contribution is -2.46. The van der Waals surface area contributed by atoms with Crippen LogP contribution in [0.1, 0.15) is 62.2 Å². The number of hydrogen-bond acceptors (Lipinski definition) is 6. The lowest BCUT2D eigenvalue weighted by molar-refractivity contribution is -0.384. The van der Waals surface area contributed by atoms with Crippen molar-refractivity contribution in [2.24, 2.45) is 0 Å². The van der Waals surface area contributed by atoms with E-state index in [1.165, 1.54) is 38.0 Å². The van der Waals surface area contributed by atoms with Crippen molar-refractivity contribution in [3.8, 4) is 0 Å². The Morgan fingerprint density at radius 3 is 2.17 bits per heavy atom. The van der Waals surface area contributed by atoms with Crippen LogP contribution in [0.15, 0.2) is 42.5 Å². The number of aldehydes is 1. The summed E-state index contributed by atoms with van der Waals surface area (Å²) >= 11 is 0. The number of hydrogen-bond donors (Lipinski definition) is 1. The van der Waals surface area contributed by atoms with Gasteiger partial charge in [-0.1, -0.05) is 59.1 Å². The van der Waals surface area contributed by atoms with Crippen molar-refractivity contribution in [1.82, 2.24) is 0 Å². The molecule has 5 radical (unpaired) electrons. The van der Waals surface area contributed by atoms with E-state index in [4.69, 9.17) is 0 Å². The molecule has 2 aromatic carbocycles. The predicted molar refractivity (Wildman–Crippen MR) is 149 cm³/mol. The summed E-state index contributed by atoms with van der Waals surface area (Å²) in [7, 11) is 0. The van der Waals surface area contributed by atoms with E-state index in [0.717, 1.165) is 56.7 Å². The summed E-state index contributed by atoms with van der Waals surface area (Å²) in [4.78, 5) is 27.4. The Bertz CT molecular complexity index is 980. The highest BCUT2D eigenvalue weighted by molar-refractivity contribution is 5.84. The Morgan fingerprint density at radius 2 is 1.53 bits per heavy atom. The minimum absolute atomic E-state index is 0. The van der Waals surface area contributed by atoms with E-state index in [-0.39, 0.29) is 31.5 Å². The van der Waals surface area contributed by atoms with Gasteiger partial charge in [0.25, 0.3) is 5.69 Å². The van der Waals surface area contributed by atoms with Gasteiger partial charge >= 0.3 is 0 Å². The van der Waals surface area contributed by atoms with Crippen molar-refractivity contribution in [3.05, 3.63) is 78.9 Å². The number of nitrogens with one attached hydrogen (secondary N) is 1. The lowest BCUT2D eigenvalue weighted by atomic mass is 9.86. The summed E-state index contributed by atoms with van der Waals surface area (Å²) in [5.41, 5.74) is 3.39. The van der Waals surface area contributed by atoms with Crippen LogP contribution >= 0.6 is 0 Å². The Labute approximate surface area is 217 Å². The summed E-state index contributed by atoms with van der Waals surface area (Å²) in [6.45, 7) is 5.29. The summed E-state index contributed by atoms with van der Waals surface area (Å²) in [6.07, 6.45) is 9.39. The fourth-order valence-electron chi connectivity index (χ4n) is 5.20. The smallest absolute Gasteiger partial charge is 0.292 e. The second kappa shape index (κ2) is 13.9. The normalized spacial score (nSPS) is 17.6. The van der Waals surface area contributed by atoms with Gasteiger partial charge in [0.05, 0.1) is 4.92 Å². The molecule has 1 atom stereocenters. The number of nitro benzene ring substituents is 1. The van der Waals surface area contributed by atoms with Crippen LogP contribution in [0, 0.1) is 30.9 Å². The largest absolute Gasteiger partial charge is 0.376 e. The van der Waals surface area contributed by atoms with Crippen molar-refractivity contribution in [2.45, 2.75) is 57.9 Å². The molecule has 7 nitrogen and oxygen atoms in total. The number of para-hydroxylation sites is 1. The topological polar surface area (TPSA) is 78.7 Å². The van der Waals surface area contributed by atoms with Crippen LogP contribution in [0.2, 0.25) is 0 Å². The number of benzene rings is 2. The van der Waals surface area contributed by atoms with E-state index < -0.39 is 0 Å². The summed E-state index contributed by atoms with van der Waals surface area (Å²) in [6, 6.07) is 13.2. The third-order valence-electron chi connectivity index (χ3n) is 7.21. The van der Waals surface area contributed by atoms with Gasteiger partial charge < -0.3 is 15.1 Å². The molecule has 2 aliphatic rings. The molecule has 1 saturated heterocycles. The first-order valence-corrected chi connectivity index (χ1v) is 12.5. The molecule has 1 heterocycles. The molecule has 36 heavy (non-hydrogen) atoms. The van der Waals surface area contributed by atoms with E-state index in [2.05, 4.69) is 22.0 Å². The highest BCUT2D eigenvalue weighted by Crippen LogP contribution is 2.34. The van der Waals surface area contributed by atoms with Crippen LogP contribution in [0.25, 0.3) is 0 Å². The highest BCUT2D eigenvalue weighted by atomic mass is 16.6. The van der Waals surface area contributed by atoms with Crippen molar-refractivity contribution in [1.29, 1.82) is 0 Å². The van der Waals surface area contributed by atoms with Gasteiger partial charge in [0.1, 0.15) is 5.69 Å². The number of carbonyl (C=O) groups excluding carboxylic acids is 1. The molecule has 1 aliphatic carbocycles. The standard InChI is InChI=1S/C27H35N4O3.2CH2/c1-21(22-9-5-3-2-4-6-10-22)28-25-19-24(13-14-27(25)31(33)34)29-15-17-30(18-16-29)26-12-8-7-11-23(26)20-32;;/h7-8,11-14,19-21,28H,2-6,9-10,15-18H2,1H3;2*1H2. The molecule has 7 heteroatoms. The lowest BCUT2D eigenvalue weighted by Gasteiger charge is -2.38. The molecule has 4 rings (SSSR count). The van der Waals surface area contributed by atoms with Gasteiger partial charge in [0, 0.05) is 55.2 Å². The van der Waals surface area contributed by atoms with Crippen LogP contribution < -0.4 is 15.1 Å². The fraction of sp³-hybridized carbons (Fsp3) is 0.448. The average Bonchev–Trinajstić information content (AvgIpc) is 2.83. The summed E-state index contributed by atoms with van der Waals surface area (Å²) in [5.74, 6) is 1.47. The summed E-state index contributed by atoms with van der Waals surface area (Å²) < 4.78 is 0. The van der Waals surface area contributed by atoms with Crippen LogP contribution in [0.4, 0.5) is 22.7 Å². The maximum Gasteiger partial charge on any atom is 0.292 e. The minimum Gasteiger partial charge on any atom is -0.376 e. The number of rotatable bonds is 7. The Morgan fingerprint density at radius 1 is 0.917 bits per heavy atom. The molecule has 0 amide bonds. The number of nitro groups is 1. The van der Waals surface area contributed by atoms with Crippen LogP contribution in [0.3, 0.4) is 0 Å². The van der Waals surface area contributed by atoms with Crippen molar-refractivity contribution in [2.75, 3.05) is 41.3 Å². The first kappa shape index (κ1) is 29.1. The van der Waals surface area contributed by atoms with Gasteiger partial charge in [-0.15, -0.1) is 0 Å². The SMILES string of the molecule is CC(Nc1cc(N2CCN(c3ccccc3C=O)CC2)ccc1[N+](=O)[O-])[C]1CCCCCCC1.[CH2].[CH2]. The van der Waals surface area contributed by atoms with Crippen LogP contribution in [-0.2, 0) is 0 Å². The molecule has 0 aromatic heterocycles.